The molecule has 0 aliphatic carbocycles. The van der Waals surface area contributed by atoms with E-state index in [1.54, 1.807) is 12.5 Å². The molecule has 3 N–H and O–H groups in total. The lowest BCUT2D eigenvalue weighted by molar-refractivity contribution is -0.118. The summed E-state index contributed by atoms with van der Waals surface area (Å²) in [7, 11) is 1.66. The van der Waals surface area contributed by atoms with Crippen molar-refractivity contribution in [3.05, 3.63) is 41.5 Å². The van der Waals surface area contributed by atoms with Crippen LogP contribution in [0.5, 0.6) is 5.75 Å². The van der Waals surface area contributed by atoms with Crippen molar-refractivity contribution in [2.24, 2.45) is 5.73 Å². The zero-order valence-electron chi connectivity index (χ0n) is 14.8. The second-order valence-corrected chi connectivity index (χ2v) is 6.67. The fourth-order valence-electron chi connectivity index (χ4n) is 2.63. The highest BCUT2D eigenvalue weighted by molar-refractivity contribution is 7.13. The molecule has 1 aromatic carbocycles. The van der Waals surface area contributed by atoms with E-state index in [9.17, 15) is 9.59 Å². The second-order valence-electron chi connectivity index (χ2n) is 5.81. The molecule has 2 amide bonds. The molecular formula is C18H20N4O4S. The Kier molecular flexibility index (Phi) is 6.05. The number of benzene rings is 1. The van der Waals surface area contributed by atoms with E-state index in [0.717, 1.165) is 17.4 Å². The first kappa shape index (κ1) is 18.9. The lowest BCUT2D eigenvalue weighted by atomic mass is 10.2. The van der Waals surface area contributed by atoms with Crippen LogP contribution in [-0.2, 0) is 27.3 Å². The highest BCUT2D eigenvalue weighted by Crippen LogP contribution is 2.26. The number of fused-ring (bicyclic) bond motifs is 1. The molecule has 0 spiro atoms. The topological polar surface area (TPSA) is 108 Å². The molecule has 3 aromatic rings. The Morgan fingerprint density at radius 1 is 1.33 bits per heavy atom. The normalized spacial score (nSPS) is 10.9. The minimum atomic E-state index is -0.466. The lowest BCUT2D eigenvalue weighted by Crippen LogP contribution is -2.20. The maximum absolute atomic E-state index is 12.1. The smallest absolute Gasteiger partial charge is 0.264 e. The summed E-state index contributed by atoms with van der Waals surface area (Å²) in [5.74, 6) is -0.162. The van der Waals surface area contributed by atoms with Crippen molar-refractivity contribution in [3.8, 4) is 5.75 Å². The number of rotatable bonds is 9. The number of carbonyl (C=O) groups excluding carboxylic acids is 2. The van der Waals surface area contributed by atoms with Crippen molar-refractivity contribution < 1.29 is 19.1 Å². The zero-order chi connectivity index (χ0) is 19.2. The summed E-state index contributed by atoms with van der Waals surface area (Å²) in [6, 6.07) is 7.66. The summed E-state index contributed by atoms with van der Waals surface area (Å²) in [6.07, 6.45) is 2.01. The largest absolute Gasteiger partial charge is 0.483 e. The monoisotopic (exact) mass is 388 g/mol. The predicted molar refractivity (Wildman–Crippen MR) is 103 cm³/mol. The molecule has 0 fully saturated rings. The zero-order valence-corrected chi connectivity index (χ0v) is 15.6. The van der Waals surface area contributed by atoms with Crippen LogP contribution in [0.4, 0.5) is 5.13 Å². The molecule has 0 saturated heterocycles. The predicted octanol–water partition coefficient (Wildman–Crippen LogP) is 1.79. The summed E-state index contributed by atoms with van der Waals surface area (Å²) in [4.78, 5) is 27.2. The van der Waals surface area contributed by atoms with E-state index < -0.39 is 5.91 Å². The number of methoxy groups -OCH3 is 1. The van der Waals surface area contributed by atoms with Crippen LogP contribution in [0.25, 0.3) is 10.9 Å². The lowest BCUT2D eigenvalue weighted by Gasteiger charge is -2.09. The molecular weight excluding hydrogens is 368 g/mol. The molecule has 0 saturated carbocycles. The second kappa shape index (κ2) is 8.65. The van der Waals surface area contributed by atoms with E-state index in [4.69, 9.17) is 15.2 Å². The number of aromatic nitrogens is 2. The Balaban J connectivity index is 1.61. The van der Waals surface area contributed by atoms with Crippen LogP contribution in [-0.4, -0.2) is 41.7 Å². The minimum Gasteiger partial charge on any atom is -0.483 e. The van der Waals surface area contributed by atoms with Crippen LogP contribution < -0.4 is 15.8 Å². The highest BCUT2D eigenvalue weighted by Gasteiger charge is 2.11. The van der Waals surface area contributed by atoms with Gasteiger partial charge >= 0.3 is 0 Å². The third-order valence-corrected chi connectivity index (χ3v) is 4.63. The third kappa shape index (κ3) is 4.83. The van der Waals surface area contributed by atoms with Gasteiger partial charge in [-0.1, -0.05) is 6.07 Å². The number of thiazole rings is 1. The Morgan fingerprint density at radius 3 is 2.96 bits per heavy atom. The molecule has 27 heavy (non-hydrogen) atoms. The van der Waals surface area contributed by atoms with Crippen LogP contribution >= 0.6 is 11.3 Å². The SMILES string of the molecule is COCCn1ccc2c(OCC(=O)Nc3nc(CC(N)=O)cs3)cccc21. The molecule has 8 nitrogen and oxygen atoms in total. The number of nitrogens with two attached hydrogens (primary N) is 1. The van der Waals surface area contributed by atoms with Gasteiger partial charge in [0.15, 0.2) is 11.7 Å². The van der Waals surface area contributed by atoms with E-state index in [1.165, 1.54) is 11.3 Å². The number of nitrogens with one attached hydrogen (secondary N) is 1. The maximum Gasteiger partial charge on any atom is 0.264 e. The number of carbonyl (C=O) groups is 2. The number of primary amides is 1. The summed E-state index contributed by atoms with van der Waals surface area (Å²) < 4.78 is 12.9. The highest BCUT2D eigenvalue weighted by atomic mass is 32.1. The minimum absolute atomic E-state index is 0.0466. The van der Waals surface area contributed by atoms with Crippen molar-refractivity contribution in [2.75, 3.05) is 25.6 Å². The number of nitrogens with zero attached hydrogens (tertiary/aromatic N) is 2. The number of ether oxygens (including phenoxy) is 2. The number of amides is 2. The first-order valence-electron chi connectivity index (χ1n) is 8.29. The van der Waals surface area contributed by atoms with Gasteiger partial charge in [0.1, 0.15) is 5.75 Å². The average Bonchev–Trinajstić information content (AvgIpc) is 3.24. The molecule has 0 radical (unpaired) electrons. The van der Waals surface area contributed by atoms with Crippen LogP contribution in [0, 0.1) is 0 Å². The van der Waals surface area contributed by atoms with Crippen molar-refractivity contribution in [1.82, 2.24) is 9.55 Å². The van der Waals surface area contributed by atoms with Crippen molar-refractivity contribution in [2.45, 2.75) is 13.0 Å². The van der Waals surface area contributed by atoms with Gasteiger partial charge < -0.3 is 19.8 Å². The van der Waals surface area contributed by atoms with Crippen LogP contribution in [0.3, 0.4) is 0 Å². The van der Waals surface area contributed by atoms with Crippen LogP contribution in [0.2, 0.25) is 0 Å². The van der Waals surface area contributed by atoms with Gasteiger partial charge in [0.2, 0.25) is 5.91 Å². The average molecular weight is 388 g/mol. The summed E-state index contributed by atoms with van der Waals surface area (Å²) in [5, 5.41) is 5.68. The summed E-state index contributed by atoms with van der Waals surface area (Å²) in [6.45, 7) is 1.21. The van der Waals surface area contributed by atoms with Gasteiger partial charge in [-0.05, 0) is 18.2 Å². The van der Waals surface area contributed by atoms with E-state index >= 15 is 0 Å². The van der Waals surface area contributed by atoms with Crippen LogP contribution in [0.15, 0.2) is 35.8 Å². The van der Waals surface area contributed by atoms with E-state index in [1.807, 2.05) is 30.5 Å². The first-order chi connectivity index (χ1) is 13.1. The fourth-order valence-corrected chi connectivity index (χ4v) is 3.35. The molecule has 0 aliphatic rings. The van der Waals surface area contributed by atoms with Gasteiger partial charge in [-0.2, -0.15) is 0 Å². The van der Waals surface area contributed by atoms with E-state index in [-0.39, 0.29) is 18.9 Å². The van der Waals surface area contributed by atoms with E-state index in [2.05, 4.69) is 14.9 Å². The molecule has 0 atom stereocenters. The fraction of sp³-hybridized carbons (Fsp3) is 0.278. The number of anilines is 1. The van der Waals surface area contributed by atoms with Gasteiger partial charge in [0, 0.05) is 30.6 Å². The van der Waals surface area contributed by atoms with Gasteiger partial charge in [-0.3, -0.25) is 14.9 Å². The van der Waals surface area contributed by atoms with Gasteiger partial charge in [-0.15, -0.1) is 11.3 Å². The van der Waals surface area contributed by atoms with Gasteiger partial charge in [-0.25, -0.2) is 4.98 Å². The number of hydrogen-bond acceptors (Lipinski definition) is 6. The van der Waals surface area contributed by atoms with Crippen LogP contribution in [0.1, 0.15) is 5.69 Å². The van der Waals surface area contributed by atoms with E-state index in [0.29, 0.717) is 23.2 Å². The summed E-state index contributed by atoms with van der Waals surface area (Å²) >= 11 is 1.23. The van der Waals surface area contributed by atoms with Gasteiger partial charge in [0.25, 0.3) is 5.91 Å². The number of hydrogen-bond donors (Lipinski definition) is 2. The van der Waals surface area contributed by atoms with Crippen molar-refractivity contribution >= 4 is 39.2 Å². The van der Waals surface area contributed by atoms with Gasteiger partial charge in [0.05, 0.1) is 24.2 Å². The quantitative estimate of drug-likeness (QED) is 0.581. The van der Waals surface area contributed by atoms with Crippen molar-refractivity contribution in [1.29, 1.82) is 0 Å². The molecule has 0 bridgehead atoms. The first-order valence-corrected chi connectivity index (χ1v) is 9.17. The maximum atomic E-state index is 12.1. The summed E-state index contributed by atoms with van der Waals surface area (Å²) in [5.41, 5.74) is 6.68. The third-order valence-electron chi connectivity index (χ3n) is 3.82. The molecule has 3 rings (SSSR count). The van der Waals surface area contributed by atoms with Crippen molar-refractivity contribution in [3.63, 3.8) is 0 Å². The Labute approximate surface area is 159 Å². The molecule has 0 unspecified atom stereocenters. The molecule has 9 heteroatoms. The molecule has 2 heterocycles. The molecule has 0 aliphatic heterocycles. The Bertz CT molecular complexity index is 950. The molecule has 2 aromatic heterocycles. The molecule has 142 valence electrons. The standard InChI is InChI=1S/C18H20N4O4S/c1-25-8-7-22-6-5-13-14(22)3-2-4-15(13)26-10-17(24)21-18-20-12(11-27-18)9-16(19)23/h2-6,11H,7-10H2,1H3,(H2,19,23)(H,20,21,24). The Hall–Kier alpha value is -2.91. The Morgan fingerprint density at radius 2 is 2.19 bits per heavy atom.